The maximum atomic E-state index is 11.9. The topological polar surface area (TPSA) is 89.0 Å². The number of hydrogen-bond acceptors (Lipinski definition) is 5. The number of amides is 2. The number of benzene rings is 3. The Kier molecular flexibility index (Phi) is 7.61. The molecule has 0 saturated heterocycles. The summed E-state index contributed by atoms with van der Waals surface area (Å²) in [5.74, 6) is -0.675. The molecule has 0 spiro atoms. The van der Waals surface area contributed by atoms with Crippen LogP contribution in [0.2, 0.25) is 5.02 Å². The Labute approximate surface area is 184 Å². The first-order valence-corrected chi connectivity index (χ1v) is 9.67. The fraction of sp³-hybridized carbons (Fsp3) is 0.0870. The number of carbonyl (C=O) groups excluding carboxylic acids is 2. The molecule has 0 bridgehead atoms. The molecule has 0 heterocycles. The minimum atomic E-state index is -0.911. The zero-order valence-corrected chi connectivity index (χ0v) is 17.4. The van der Waals surface area contributed by atoms with Gasteiger partial charge in [-0.15, -0.1) is 0 Å². The number of anilines is 1. The molecule has 0 fully saturated rings. The number of nitrogens with one attached hydrogen (secondary N) is 2. The fourth-order valence-electron chi connectivity index (χ4n) is 2.59. The van der Waals surface area contributed by atoms with E-state index in [2.05, 4.69) is 15.8 Å². The quantitative estimate of drug-likeness (QED) is 0.332. The lowest BCUT2D eigenvalue weighted by Crippen LogP contribution is -2.32. The van der Waals surface area contributed by atoms with Gasteiger partial charge in [-0.05, 0) is 47.5 Å². The van der Waals surface area contributed by atoms with E-state index in [0.29, 0.717) is 34.4 Å². The SMILES string of the molecule is COc1cc(/C=N\NC(=O)C(=O)Nc2cccc(Cl)c2)ccc1OCc1ccccc1. The van der Waals surface area contributed by atoms with Gasteiger partial charge in [0, 0.05) is 10.7 Å². The standard InChI is InChI=1S/C23H20ClN3O4/c1-30-21-12-17(10-11-20(21)31-15-16-6-3-2-4-7-16)14-25-27-23(29)22(28)26-19-9-5-8-18(24)13-19/h2-14H,15H2,1H3,(H,26,28)(H,27,29)/b25-14-. The number of nitrogens with zero attached hydrogens (tertiary/aromatic N) is 1. The summed E-state index contributed by atoms with van der Waals surface area (Å²) >= 11 is 5.85. The summed E-state index contributed by atoms with van der Waals surface area (Å²) in [6.07, 6.45) is 1.40. The molecule has 0 unspecified atom stereocenters. The van der Waals surface area contributed by atoms with Crippen LogP contribution in [0.1, 0.15) is 11.1 Å². The van der Waals surface area contributed by atoms with Gasteiger partial charge in [-0.3, -0.25) is 9.59 Å². The van der Waals surface area contributed by atoms with Crippen molar-refractivity contribution >= 4 is 35.3 Å². The van der Waals surface area contributed by atoms with E-state index in [4.69, 9.17) is 21.1 Å². The van der Waals surface area contributed by atoms with Crippen LogP contribution >= 0.6 is 11.6 Å². The number of ether oxygens (including phenoxy) is 2. The summed E-state index contributed by atoms with van der Waals surface area (Å²) < 4.78 is 11.2. The number of rotatable bonds is 7. The van der Waals surface area contributed by atoms with Crippen molar-refractivity contribution in [3.8, 4) is 11.5 Å². The Morgan fingerprint density at radius 3 is 2.52 bits per heavy atom. The molecule has 0 radical (unpaired) electrons. The van der Waals surface area contributed by atoms with Gasteiger partial charge >= 0.3 is 11.8 Å². The third-order valence-corrected chi connectivity index (χ3v) is 4.33. The van der Waals surface area contributed by atoms with E-state index >= 15 is 0 Å². The molecule has 2 amide bonds. The van der Waals surface area contributed by atoms with Gasteiger partial charge in [0.05, 0.1) is 13.3 Å². The molecule has 7 nitrogen and oxygen atoms in total. The molecule has 158 valence electrons. The summed E-state index contributed by atoms with van der Waals surface area (Å²) in [6, 6.07) is 21.5. The van der Waals surface area contributed by atoms with E-state index in [0.717, 1.165) is 5.56 Å². The van der Waals surface area contributed by atoms with E-state index in [-0.39, 0.29) is 0 Å². The maximum Gasteiger partial charge on any atom is 0.329 e. The normalized spacial score (nSPS) is 10.5. The predicted octanol–water partition coefficient (Wildman–Crippen LogP) is 4.02. The lowest BCUT2D eigenvalue weighted by Gasteiger charge is -2.11. The van der Waals surface area contributed by atoms with Crippen molar-refractivity contribution in [3.05, 3.63) is 88.9 Å². The molecule has 0 aliphatic rings. The summed E-state index contributed by atoms with van der Waals surface area (Å²) in [4.78, 5) is 23.8. The highest BCUT2D eigenvalue weighted by atomic mass is 35.5. The van der Waals surface area contributed by atoms with Crippen molar-refractivity contribution in [2.24, 2.45) is 5.10 Å². The Hall–Kier alpha value is -3.84. The van der Waals surface area contributed by atoms with Crippen LogP contribution in [0.5, 0.6) is 11.5 Å². The zero-order chi connectivity index (χ0) is 22.1. The number of hydrazone groups is 1. The van der Waals surface area contributed by atoms with Crippen LogP contribution in [-0.2, 0) is 16.2 Å². The second-order valence-corrected chi connectivity index (χ2v) is 6.78. The molecular weight excluding hydrogens is 418 g/mol. The monoisotopic (exact) mass is 437 g/mol. The Bertz CT molecular complexity index is 1090. The Morgan fingerprint density at radius 2 is 1.77 bits per heavy atom. The first-order valence-electron chi connectivity index (χ1n) is 9.30. The van der Waals surface area contributed by atoms with Gasteiger partial charge in [0.15, 0.2) is 11.5 Å². The molecule has 0 aliphatic heterocycles. The van der Waals surface area contributed by atoms with Crippen molar-refractivity contribution in [2.75, 3.05) is 12.4 Å². The smallest absolute Gasteiger partial charge is 0.329 e. The number of carbonyl (C=O) groups is 2. The predicted molar refractivity (Wildman–Crippen MR) is 120 cm³/mol. The van der Waals surface area contributed by atoms with Gasteiger partial charge in [-0.2, -0.15) is 5.10 Å². The molecule has 0 aromatic heterocycles. The minimum absolute atomic E-state index is 0.405. The highest BCUT2D eigenvalue weighted by molar-refractivity contribution is 6.39. The molecule has 0 saturated carbocycles. The van der Waals surface area contributed by atoms with Crippen molar-refractivity contribution in [2.45, 2.75) is 6.61 Å². The molecule has 0 atom stereocenters. The molecular formula is C23H20ClN3O4. The third-order valence-electron chi connectivity index (χ3n) is 4.09. The van der Waals surface area contributed by atoms with Crippen LogP contribution in [0.4, 0.5) is 5.69 Å². The fourth-order valence-corrected chi connectivity index (χ4v) is 2.78. The first kappa shape index (κ1) is 21.9. The lowest BCUT2D eigenvalue weighted by atomic mass is 10.2. The van der Waals surface area contributed by atoms with E-state index < -0.39 is 11.8 Å². The number of methoxy groups -OCH3 is 1. The average molecular weight is 438 g/mol. The molecule has 31 heavy (non-hydrogen) atoms. The molecule has 8 heteroatoms. The van der Waals surface area contributed by atoms with Crippen molar-refractivity contribution in [1.29, 1.82) is 0 Å². The molecule has 0 aliphatic carbocycles. The number of halogens is 1. The summed E-state index contributed by atoms with van der Waals surface area (Å²) in [5, 5.41) is 6.70. The van der Waals surface area contributed by atoms with Gasteiger partial charge in [0.1, 0.15) is 6.61 Å². The van der Waals surface area contributed by atoms with Crippen molar-refractivity contribution < 1.29 is 19.1 Å². The Balaban J connectivity index is 1.56. The lowest BCUT2D eigenvalue weighted by molar-refractivity contribution is -0.136. The second-order valence-electron chi connectivity index (χ2n) is 6.35. The van der Waals surface area contributed by atoms with Gasteiger partial charge in [-0.25, -0.2) is 5.43 Å². The van der Waals surface area contributed by atoms with Crippen molar-refractivity contribution in [3.63, 3.8) is 0 Å². The van der Waals surface area contributed by atoms with Crippen LogP contribution in [0, 0.1) is 0 Å². The molecule has 3 aromatic rings. The molecule has 2 N–H and O–H groups in total. The highest BCUT2D eigenvalue weighted by Gasteiger charge is 2.13. The minimum Gasteiger partial charge on any atom is -0.493 e. The van der Waals surface area contributed by atoms with E-state index in [1.165, 1.54) is 19.4 Å². The van der Waals surface area contributed by atoms with Crippen LogP contribution < -0.4 is 20.2 Å². The van der Waals surface area contributed by atoms with Gasteiger partial charge in [-0.1, -0.05) is 48.0 Å². The maximum absolute atomic E-state index is 11.9. The summed E-state index contributed by atoms with van der Waals surface area (Å²) in [7, 11) is 1.54. The van der Waals surface area contributed by atoms with E-state index in [1.54, 1.807) is 36.4 Å². The van der Waals surface area contributed by atoms with Crippen LogP contribution in [0.25, 0.3) is 0 Å². The van der Waals surface area contributed by atoms with Gasteiger partial charge in [0.25, 0.3) is 0 Å². The van der Waals surface area contributed by atoms with Gasteiger partial charge < -0.3 is 14.8 Å². The number of hydrogen-bond donors (Lipinski definition) is 2. The zero-order valence-electron chi connectivity index (χ0n) is 16.7. The van der Waals surface area contributed by atoms with E-state index in [1.807, 2.05) is 30.3 Å². The molecule has 3 aromatic carbocycles. The second kappa shape index (κ2) is 10.8. The Morgan fingerprint density at radius 1 is 0.968 bits per heavy atom. The molecule has 3 rings (SSSR count). The first-order chi connectivity index (χ1) is 15.0. The van der Waals surface area contributed by atoms with Crippen molar-refractivity contribution in [1.82, 2.24) is 5.43 Å². The van der Waals surface area contributed by atoms with Crippen LogP contribution in [0.3, 0.4) is 0 Å². The summed E-state index contributed by atoms with van der Waals surface area (Å²) in [5.41, 5.74) is 4.28. The summed E-state index contributed by atoms with van der Waals surface area (Å²) in [6.45, 7) is 0.405. The van der Waals surface area contributed by atoms with Crippen LogP contribution in [0.15, 0.2) is 77.9 Å². The largest absolute Gasteiger partial charge is 0.493 e. The van der Waals surface area contributed by atoms with Gasteiger partial charge in [0.2, 0.25) is 0 Å². The van der Waals surface area contributed by atoms with E-state index in [9.17, 15) is 9.59 Å². The highest BCUT2D eigenvalue weighted by Crippen LogP contribution is 2.28. The van der Waals surface area contributed by atoms with Crippen LogP contribution in [-0.4, -0.2) is 25.1 Å². The average Bonchev–Trinajstić information content (AvgIpc) is 2.78. The third kappa shape index (κ3) is 6.58.